The van der Waals surface area contributed by atoms with E-state index in [-0.39, 0.29) is 0 Å². The third-order valence-electron chi connectivity index (χ3n) is 4.76. The van der Waals surface area contributed by atoms with Gasteiger partial charge >= 0.3 is 0 Å². The number of rotatable bonds is 5. The zero-order chi connectivity index (χ0) is 13.9. The lowest BCUT2D eigenvalue weighted by atomic mass is 9.65. The molecule has 0 aromatic carbocycles. The lowest BCUT2D eigenvalue weighted by Gasteiger charge is -2.43. The van der Waals surface area contributed by atoms with Gasteiger partial charge in [-0.1, -0.05) is 33.6 Å². The minimum atomic E-state index is 0.466. The standard InChI is InChI=1S/C16H29N3/c1-5-17-15(10-13-11-18-19(4)12-13)14-8-6-7-9-16(14,2)3/h11-12,14-15,17H,5-10H2,1-4H3. The van der Waals surface area contributed by atoms with Gasteiger partial charge in [0.2, 0.25) is 0 Å². The Morgan fingerprint density at radius 2 is 2.26 bits per heavy atom. The fraction of sp³-hybridized carbons (Fsp3) is 0.812. The Morgan fingerprint density at radius 1 is 1.47 bits per heavy atom. The van der Waals surface area contributed by atoms with Gasteiger partial charge in [0.15, 0.2) is 0 Å². The topological polar surface area (TPSA) is 29.9 Å². The van der Waals surface area contributed by atoms with Gasteiger partial charge < -0.3 is 5.32 Å². The van der Waals surface area contributed by atoms with E-state index in [1.807, 2.05) is 17.9 Å². The van der Waals surface area contributed by atoms with E-state index in [0.717, 1.165) is 18.9 Å². The highest BCUT2D eigenvalue weighted by Gasteiger charge is 2.37. The first-order valence-corrected chi connectivity index (χ1v) is 7.74. The molecule has 1 heterocycles. The molecule has 19 heavy (non-hydrogen) atoms. The molecule has 1 aliphatic rings. The number of aryl methyl sites for hydroxylation is 1. The Hall–Kier alpha value is -0.830. The molecular weight excluding hydrogens is 234 g/mol. The third-order valence-corrected chi connectivity index (χ3v) is 4.76. The number of hydrogen-bond donors (Lipinski definition) is 1. The van der Waals surface area contributed by atoms with Crippen molar-refractivity contribution in [1.82, 2.24) is 15.1 Å². The summed E-state index contributed by atoms with van der Waals surface area (Å²) in [5.74, 6) is 0.779. The molecule has 0 amide bonds. The van der Waals surface area contributed by atoms with Gasteiger partial charge in [-0.15, -0.1) is 0 Å². The monoisotopic (exact) mass is 263 g/mol. The highest BCUT2D eigenvalue weighted by molar-refractivity contribution is 5.08. The average Bonchev–Trinajstić information content (AvgIpc) is 2.74. The summed E-state index contributed by atoms with van der Waals surface area (Å²) in [6, 6.07) is 0.588. The van der Waals surface area contributed by atoms with Gasteiger partial charge in [-0.05, 0) is 42.7 Å². The molecule has 3 heteroatoms. The van der Waals surface area contributed by atoms with Crippen molar-refractivity contribution in [3.8, 4) is 0 Å². The van der Waals surface area contributed by atoms with Gasteiger partial charge in [-0.25, -0.2) is 0 Å². The molecule has 1 aromatic heterocycles. The summed E-state index contributed by atoms with van der Waals surface area (Å²) in [7, 11) is 2.00. The molecule has 2 rings (SSSR count). The van der Waals surface area contributed by atoms with E-state index in [4.69, 9.17) is 0 Å². The third kappa shape index (κ3) is 3.59. The Morgan fingerprint density at radius 3 is 2.84 bits per heavy atom. The zero-order valence-corrected chi connectivity index (χ0v) is 12.9. The molecule has 3 nitrogen and oxygen atoms in total. The minimum Gasteiger partial charge on any atom is -0.314 e. The van der Waals surface area contributed by atoms with Crippen molar-refractivity contribution in [1.29, 1.82) is 0 Å². The van der Waals surface area contributed by atoms with Crippen LogP contribution in [0.2, 0.25) is 0 Å². The highest BCUT2D eigenvalue weighted by Crippen LogP contribution is 2.42. The van der Waals surface area contributed by atoms with E-state index in [1.54, 1.807) is 0 Å². The number of likely N-dealkylation sites (N-methyl/N-ethyl adjacent to an activating group) is 1. The van der Waals surface area contributed by atoms with Crippen molar-refractivity contribution in [3.63, 3.8) is 0 Å². The molecule has 1 saturated carbocycles. The number of nitrogens with one attached hydrogen (secondary N) is 1. The largest absolute Gasteiger partial charge is 0.314 e. The minimum absolute atomic E-state index is 0.466. The summed E-state index contributed by atoms with van der Waals surface area (Å²) in [6.45, 7) is 8.17. The van der Waals surface area contributed by atoms with Crippen LogP contribution in [0.1, 0.15) is 52.0 Å². The molecular formula is C16H29N3. The van der Waals surface area contributed by atoms with E-state index in [9.17, 15) is 0 Å². The fourth-order valence-corrected chi connectivity index (χ4v) is 3.72. The highest BCUT2D eigenvalue weighted by atomic mass is 15.2. The van der Waals surface area contributed by atoms with Crippen molar-refractivity contribution in [2.45, 2.75) is 58.9 Å². The predicted molar refractivity (Wildman–Crippen MR) is 80.1 cm³/mol. The van der Waals surface area contributed by atoms with Gasteiger partial charge in [0.05, 0.1) is 6.20 Å². The lowest BCUT2D eigenvalue weighted by Crippen LogP contribution is -2.46. The quantitative estimate of drug-likeness (QED) is 0.884. The summed E-state index contributed by atoms with van der Waals surface area (Å²) < 4.78 is 1.91. The van der Waals surface area contributed by atoms with E-state index >= 15 is 0 Å². The van der Waals surface area contributed by atoms with E-state index < -0.39 is 0 Å². The van der Waals surface area contributed by atoms with Crippen molar-refractivity contribution in [2.75, 3.05) is 6.54 Å². The molecule has 2 unspecified atom stereocenters. The van der Waals surface area contributed by atoms with Crippen LogP contribution in [0.15, 0.2) is 12.4 Å². The Bertz CT molecular complexity index is 394. The first-order chi connectivity index (χ1) is 9.03. The molecule has 0 bridgehead atoms. The van der Waals surface area contributed by atoms with Crippen LogP contribution in [0.5, 0.6) is 0 Å². The van der Waals surface area contributed by atoms with Crippen molar-refractivity contribution in [3.05, 3.63) is 18.0 Å². The lowest BCUT2D eigenvalue weighted by molar-refractivity contribution is 0.0987. The first kappa shape index (κ1) is 14.6. The van der Waals surface area contributed by atoms with Crippen LogP contribution in [0, 0.1) is 11.3 Å². The Balaban J connectivity index is 2.10. The Kier molecular flexibility index (Phi) is 4.67. The second kappa shape index (κ2) is 6.08. The zero-order valence-electron chi connectivity index (χ0n) is 12.9. The fourth-order valence-electron chi connectivity index (χ4n) is 3.72. The molecule has 1 aliphatic carbocycles. The van der Waals surface area contributed by atoms with Gasteiger partial charge in [-0.2, -0.15) is 5.10 Å². The van der Waals surface area contributed by atoms with Gasteiger partial charge in [0.1, 0.15) is 0 Å². The number of aromatic nitrogens is 2. The van der Waals surface area contributed by atoms with E-state index in [2.05, 4.69) is 37.4 Å². The van der Waals surface area contributed by atoms with Gasteiger partial charge in [0.25, 0.3) is 0 Å². The maximum atomic E-state index is 4.30. The average molecular weight is 263 g/mol. The van der Waals surface area contributed by atoms with Crippen LogP contribution in [0.3, 0.4) is 0 Å². The number of hydrogen-bond acceptors (Lipinski definition) is 2. The molecule has 0 radical (unpaired) electrons. The summed E-state index contributed by atoms with van der Waals surface area (Å²) in [5.41, 5.74) is 1.82. The SMILES string of the molecule is CCNC(Cc1cnn(C)c1)C1CCCCC1(C)C. The second-order valence-corrected chi connectivity index (χ2v) is 6.73. The summed E-state index contributed by atoms with van der Waals surface area (Å²) in [6.07, 6.45) is 10.8. The van der Waals surface area contributed by atoms with E-state index in [1.165, 1.54) is 31.2 Å². The van der Waals surface area contributed by atoms with Crippen LogP contribution < -0.4 is 5.32 Å². The first-order valence-electron chi connectivity index (χ1n) is 7.74. The van der Waals surface area contributed by atoms with Crippen LogP contribution in [-0.4, -0.2) is 22.4 Å². The second-order valence-electron chi connectivity index (χ2n) is 6.73. The van der Waals surface area contributed by atoms with Crippen molar-refractivity contribution >= 4 is 0 Å². The molecule has 0 saturated heterocycles. The van der Waals surface area contributed by atoms with Crippen LogP contribution in [0.25, 0.3) is 0 Å². The normalized spacial score (nSPS) is 24.3. The smallest absolute Gasteiger partial charge is 0.0522 e. The Labute approximate surface area is 117 Å². The molecule has 1 fully saturated rings. The molecule has 0 aliphatic heterocycles. The van der Waals surface area contributed by atoms with Crippen LogP contribution in [0.4, 0.5) is 0 Å². The van der Waals surface area contributed by atoms with Gasteiger partial charge in [0, 0.05) is 19.3 Å². The predicted octanol–water partition coefficient (Wildman–Crippen LogP) is 3.16. The van der Waals surface area contributed by atoms with E-state index in [0.29, 0.717) is 11.5 Å². The maximum absolute atomic E-state index is 4.30. The molecule has 108 valence electrons. The molecule has 1 aromatic rings. The molecule has 1 N–H and O–H groups in total. The molecule has 0 spiro atoms. The van der Waals surface area contributed by atoms with Crippen molar-refractivity contribution < 1.29 is 0 Å². The van der Waals surface area contributed by atoms with Crippen molar-refractivity contribution in [2.24, 2.45) is 18.4 Å². The number of nitrogens with zero attached hydrogens (tertiary/aromatic N) is 2. The van der Waals surface area contributed by atoms with Crippen LogP contribution in [-0.2, 0) is 13.5 Å². The summed E-state index contributed by atoms with van der Waals surface area (Å²) >= 11 is 0. The summed E-state index contributed by atoms with van der Waals surface area (Å²) in [4.78, 5) is 0. The van der Waals surface area contributed by atoms with Gasteiger partial charge in [-0.3, -0.25) is 4.68 Å². The molecule has 2 atom stereocenters. The summed E-state index contributed by atoms with van der Waals surface area (Å²) in [5, 5.41) is 8.03. The van der Waals surface area contributed by atoms with Crippen LogP contribution >= 0.6 is 0 Å². The maximum Gasteiger partial charge on any atom is 0.0522 e.